The number of carboxylic acids is 1. The van der Waals surface area contributed by atoms with E-state index in [2.05, 4.69) is 11.8 Å². The molecule has 1 aromatic heterocycles. The van der Waals surface area contributed by atoms with Crippen molar-refractivity contribution < 1.29 is 9.90 Å². The fourth-order valence-corrected chi connectivity index (χ4v) is 3.17. The second kappa shape index (κ2) is 5.48. The zero-order valence-corrected chi connectivity index (χ0v) is 12.5. The van der Waals surface area contributed by atoms with Crippen LogP contribution in [0.25, 0.3) is 11.0 Å². The minimum absolute atomic E-state index is 0.140. The third-order valence-electron chi connectivity index (χ3n) is 4.43. The van der Waals surface area contributed by atoms with Gasteiger partial charge >= 0.3 is 5.97 Å². The number of aromatic nitrogens is 2. The Morgan fingerprint density at radius 3 is 2.57 bits per heavy atom. The number of hydrogen-bond donors (Lipinski definition) is 1. The van der Waals surface area contributed by atoms with Crippen molar-refractivity contribution in [1.82, 2.24) is 14.5 Å². The van der Waals surface area contributed by atoms with Crippen LogP contribution in [0, 0.1) is 0 Å². The van der Waals surface area contributed by atoms with E-state index in [0.29, 0.717) is 0 Å². The Hall–Kier alpha value is -1.88. The first-order chi connectivity index (χ1) is 10.1. The highest BCUT2D eigenvalue weighted by Crippen LogP contribution is 2.30. The van der Waals surface area contributed by atoms with Crippen molar-refractivity contribution in [1.29, 1.82) is 0 Å². The first-order valence-electron chi connectivity index (χ1n) is 7.53. The molecule has 2 atom stereocenters. The normalized spacial score (nSPS) is 19.0. The molecule has 0 bridgehead atoms. The minimum atomic E-state index is -0.826. The van der Waals surface area contributed by atoms with E-state index in [0.717, 1.165) is 29.9 Å². The maximum Gasteiger partial charge on any atom is 0.326 e. The summed E-state index contributed by atoms with van der Waals surface area (Å²) in [6, 6.07) is 7.29. The highest BCUT2D eigenvalue weighted by molar-refractivity contribution is 5.80. The van der Waals surface area contributed by atoms with Crippen LogP contribution in [-0.2, 0) is 4.79 Å². The molecular weight excluding hydrogens is 266 g/mol. The Bertz CT molecular complexity index is 659. The average molecular weight is 287 g/mol. The molecule has 1 fully saturated rings. The van der Waals surface area contributed by atoms with Gasteiger partial charge in [-0.2, -0.15) is 0 Å². The second-order valence-electron chi connectivity index (χ2n) is 5.76. The van der Waals surface area contributed by atoms with Gasteiger partial charge in [0.15, 0.2) is 0 Å². The van der Waals surface area contributed by atoms with Crippen LogP contribution in [-0.4, -0.2) is 38.6 Å². The Kier molecular flexibility index (Phi) is 3.68. The van der Waals surface area contributed by atoms with E-state index in [-0.39, 0.29) is 6.04 Å². The third-order valence-corrected chi connectivity index (χ3v) is 4.43. The van der Waals surface area contributed by atoms with Gasteiger partial charge in [-0.3, -0.25) is 4.90 Å². The number of carbonyl (C=O) groups is 1. The fraction of sp³-hybridized carbons (Fsp3) is 0.500. The van der Waals surface area contributed by atoms with E-state index < -0.39 is 12.0 Å². The summed E-state index contributed by atoms with van der Waals surface area (Å²) in [7, 11) is 0. The molecule has 1 aromatic carbocycles. The molecule has 1 aliphatic rings. The van der Waals surface area contributed by atoms with Crippen molar-refractivity contribution in [3.63, 3.8) is 0 Å². The van der Waals surface area contributed by atoms with Crippen LogP contribution in [0.4, 0.5) is 0 Å². The molecule has 1 saturated heterocycles. The smallest absolute Gasteiger partial charge is 0.326 e. The van der Waals surface area contributed by atoms with Gasteiger partial charge in [-0.05, 0) is 51.9 Å². The van der Waals surface area contributed by atoms with Gasteiger partial charge in [0, 0.05) is 0 Å². The lowest BCUT2D eigenvalue weighted by atomic mass is 10.2. The number of hydrogen-bond acceptors (Lipinski definition) is 3. The van der Waals surface area contributed by atoms with Crippen molar-refractivity contribution in [3.8, 4) is 0 Å². The molecular formula is C16H21N3O2. The number of rotatable bonds is 4. The monoisotopic (exact) mass is 287 g/mol. The maximum atomic E-state index is 11.5. The SMILES string of the molecule is CC(c1nc2ccccc2n1C(C)C(=O)O)N1CCCC1. The number of likely N-dealkylation sites (tertiary alicyclic amines) is 1. The number of benzene rings is 1. The minimum Gasteiger partial charge on any atom is -0.480 e. The summed E-state index contributed by atoms with van der Waals surface area (Å²) >= 11 is 0. The topological polar surface area (TPSA) is 58.4 Å². The van der Waals surface area contributed by atoms with Crippen LogP contribution in [0.5, 0.6) is 0 Å². The molecule has 0 spiro atoms. The van der Waals surface area contributed by atoms with Gasteiger partial charge in [-0.25, -0.2) is 9.78 Å². The molecule has 3 rings (SSSR count). The maximum absolute atomic E-state index is 11.5. The van der Waals surface area contributed by atoms with Gasteiger partial charge in [0.05, 0.1) is 17.1 Å². The molecule has 1 aliphatic heterocycles. The molecule has 2 unspecified atom stereocenters. The van der Waals surface area contributed by atoms with E-state index in [1.165, 1.54) is 12.8 Å². The van der Waals surface area contributed by atoms with Crippen LogP contribution < -0.4 is 0 Å². The number of carboxylic acid groups (broad SMARTS) is 1. The summed E-state index contributed by atoms with van der Waals surface area (Å²) in [6.07, 6.45) is 2.41. The van der Waals surface area contributed by atoms with Crippen molar-refractivity contribution in [2.75, 3.05) is 13.1 Å². The average Bonchev–Trinajstić information content (AvgIpc) is 3.13. The summed E-state index contributed by atoms with van der Waals surface area (Å²) in [4.78, 5) is 18.6. The van der Waals surface area contributed by atoms with E-state index in [1.54, 1.807) is 6.92 Å². The molecule has 0 saturated carbocycles. The third kappa shape index (κ3) is 2.42. The number of nitrogens with zero attached hydrogens (tertiary/aromatic N) is 3. The van der Waals surface area contributed by atoms with Crippen molar-refractivity contribution >= 4 is 17.0 Å². The second-order valence-corrected chi connectivity index (χ2v) is 5.76. The molecule has 1 N–H and O–H groups in total. The lowest BCUT2D eigenvalue weighted by Crippen LogP contribution is -2.28. The van der Waals surface area contributed by atoms with Gasteiger partial charge < -0.3 is 9.67 Å². The van der Waals surface area contributed by atoms with Crippen LogP contribution >= 0.6 is 0 Å². The Labute approximate surface area is 124 Å². The predicted molar refractivity (Wildman–Crippen MR) is 81.3 cm³/mol. The highest BCUT2D eigenvalue weighted by Gasteiger charge is 2.28. The lowest BCUT2D eigenvalue weighted by molar-refractivity contribution is -0.140. The molecule has 0 aliphatic carbocycles. The molecule has 21 heavy (non-hydrogen) atoms. The van der Waals surface area contributed by atoms with E-state index in [9.17, 15) is 9.90 Å². The standard InChI is InChI=1S/C16H21N3O2/c1-11(18-9-5-6-10-18)15-17-13-7-3-4-8-14(13)19(15)12(2)16(20)21/h3-4,7-8,11-12H,5-6,9-10H2,1-2H3,(H,20,21). The first kappa shape index (κ1) is 14.1. The van der Waals surface area contributed by atoms with Gasteiger partial charge in [-0.1, -0.05) is 12.1 Å². The molecule has 2 aromatic rings. The van der Waals surface area contributed by atoms with Gasteiger partial charge in [-0.15, -0.1) is 0 Å². The van der Waals surface area contributed by atoms with Crippen LogP contribution in [0.2, 0.25) is 0 Å². The van der Waals surface area contributed by atoms with Crippen molar-refractivity contribution in [2.24, 2.45) is 0 Å². The van der Waals surface area contributed by atoms with E-state index in [1.807, 2.05) is 28.8 Å². The Balaban J connectivity index is 2.11. The summed E-state index contributed by atoms with van der Waals surface area (Å²) in [6.45, 7) is 5.96. The quantitative estimate of drug-likeness (QED) is 0.939. The van der Waals surface area contributed by atoms with Gasteiger partial charge in [0.1, 0.15) is 11.9 Å². The van der Waals surface area contributed by atoms with Crippen LogP contribution in [0.1, 0.15) is 44.6 Å². The largest absolute Gasteiger partial charge is 0.480 e. The summed E-state index contributed by atoms with van der Waals surface area (Å²) < 4.78 is 1.88. The molecule has 5 heteroatoms. The summed E-state index contributed by atoms with van der Waals surface area (Å²) in [5, 5.41) is 9.42. The Morgan fingerprint density at radius 2 is 1.90 bits per heavy atom. The van der Waals surface area contributed by atoms with Gasteiger partial charge in [0.2, 0.25) is 0 Å². The predicted octanol–water partition coefficient (Wildman–Crippen LogP) is 2.84. The number of fused-ring (bicyclic) bond motifs is 1. The molecule has 0 amide bonds. The molecule has 5 nitrogen and oxygen atoms in total. The summed E-state index contributed by atoms with van der Waals surface area (Å²) in [5.41, 5.74) is 1.76. The number of aliphatic carboxylic acids is 1. The number of para-hydroxylation sites is 2. The Morgan fingerprint density at radius 1 is 1.24 bits per heavy atom. The number of imidazole rings is 1. The van der Waals surface area contributed by atoms with E-state index in [4.69, 9.17) is 4.98 Å². The van der Waals surface area contributed by atoms with Crippen LogP contribution in [0.3, 0.4) is 0 Å². The van der Waals surface area contributed by atoms with Crippen molar-refractivity contribution in [3.05, 3.63) is 30.1 Å². The van der Waals surface area contributed by atoms with Gasteiger partial charge in [0.25, 0.3) is 0 Å². The zero-order valence-electron chi connectivity index (χ0n) is 12.5. The van der Waals surface area contributed by atoms with Crippen molar-refractivity contribution in [2.45, 2.75) is 38.8 Å². The summed E-state index contributed by atoms with van der Waals surface area (Å²) in [5.74, 6) is 0.0287. The lowest BCUT2D eigenvalue weighted by Gasteiger charge is -2.25. The van der Waals surface area contributed by atoms with Crippen LogP contribution in [0.15, 0.2) is 24.3 Å². The molecule has 0 radical (unpaired) electrons. The molecule has 112 valence electrons. The highest BCUT2D eigenvalue weighted by atomic mass is 16.4. The zero-order chi connectivity index (χ0) is 15.0. The molecule has 2 heterocycles. The first-order valence-corrected chi connectivity index (χ1v) is 7.53. The van der Waals surface area contributed by atoms with E-state index >= 15 is 0 Å². The fourth-order valence-electron chi connectivity index (χ4n) is 3.17.